The Morgan fingerprint density at radius 3 is 2.57 bits per heavy atom. The molecule has 0 aliphatic heterocycles. The monoisotopic (exact) mass is 281 g/mol. The van der Waals surface area contributed by atoms with Gasteiger partial charge in [-0.05, 0) is 29.7 Å². The quantitative estimate of drug-likeness (QED) is 0.828. The molecule has 0 saturated carbocycles. The number of rotatable bonds is 5. The molecular weight excluding hydrogens is 262 g/mol. The Morgan fingerprint density at radius 2 is 1.86 bits per heavy atom. The van der Waals surface area contributed by atoms with E-state index < -0.39 is 0 Å². The summed E-state index contributed by atoms with van der Waals surface area (Å²) in [6.07, 6.45) is 3.32. The molecule has 2 aromatic carbocycles. The molecule has 0 bridgehead atoms. The lowest BCUT2D eigenvalue weighted by molar-refractivity contribution is -0.116. The fraction of sp³-hybridized carbons (Fsp3) is 0.167. The Morgan fingerprint density at radius 1 is 1.14 bits per heavy atom. The number of carbonyl (C=O) groups excluding carboxylic acids is 1. The number of benzene rings is 2. The molecule has 3 heteroatoms. The predicted molar refractivity (Wildman–Crippen MR) is 84.4 cm³/mol. The van der Waals surface area contributed by atoms with E-state index in [1.54, 1.807) is 6.08 Å². The van der Waals surface area contributed by atoms with Gasteiger partial charge in [0.2, 0.25) is 5.91 Å². The summed E-state index contributed by atoms with van der Waals surface area (Å²) < 4.78 is 0. The summed E-state index contributed by atoms with van der Waals surface area (Å²) in [6.45, 7) is 2.49. The molecule has 21 heavy (non-hydrogen) atoms. The van der Waals surface area contributed by atoms with E-state index in [0.717, 1.165) is 16.7 Å². The van der Waals surface area contributed by atoms with Crippen molar-refractivity contribution in [2.45, 2.75) is 20.1 Å². The van der Waals surface area contributed by atoms with Gasteiger partial charge in [-0.25, -0.2) is 0 Å². The number of amides is 1. The molecule has 0 saturated heterocycles. The minimum atomic E-state index is -0.134. The van der Waals surface area contributed by atoms with Gasteiger partial charge in [-0.1, -0.05) is 54.1 Å². The van der Waals surface area contributed by atoms with Gasteiger partial charge in [-0.15, -0.1) is 0 Å². The molecule has 0 atom stereocenters. The first-order valence-corrected chi connectivity index (χ1v) is 6.88. The summed E-state index contributed by atoms with van der Waals surface area (Å²) in [6, 6.07) is 15.5. The molecule has 0 spiro atoms. The summed E-state index contributed by atoms with van der Waals surface area (Å²) in [5.41, 5.74) is 4.01. The third-order valence-electron chi connectivity index (χ3n) is 3.15. The van der Waals surface area contributed by atoms with Crippen molar-refractivity contribution in [2.24, 2.45) is 0 Å². The van der Waals surface area contributed by atoms with Crippen LogP contribution in [0.25, 0.3) is 6.08 Å². The SMILES string of the molecule is Cc1ccc(C=CC(=O)NCc2cccc(CO)c2)cc1. The first-order valence-electron chi connectivity index (χ1n) is 6.88. The van der Waals surface area contributed by atoms with Gasteiger partial charge >= 0.3 is 0 Å². The Hall–Kier alpha value is -2.39. The number of aliphatic hydroxyl groups is 1. The van der Waals surface area contributed by atoms with E-state index in [-0.39, 0.29) is 12.5 Å². The van der Waals surface area contributed by atoms with Crippen LogP contribution in [0.2, 0.25) is 0 Å². The van der Waals surface area contributed by atoms with Gasteiger partial charge in [0.25, 0.3) is 0 Å². The third-order valence-corrected chi connectivity index (χ3v) is 3.15. The number of hydrogen-bond acceptors (Lipinski definition) is 2. The molecule has 3 nitrogen and oxygen atoms in total. The Bertz CT molecular complexity index is 630. The van der Waals surface area contributed by atoms with Crippen LogP contribution >= 0.6 is 0 Å². The Balaban J connectivity index is 1.88. The Labute approximate surface area is 124 Å². The second-order valence-corrected chi connectivity index (χ2v) is 4.94. The van der Waals surface area contributed by atoms with Crippen LogP contribution in [0.5, 0.6) is 0 Å². The zero-order valence-electron chi connectivity index (χ0n) is 12.0. The van der Waals surface area contributed by atoms with E-state index in [1.165, 1.54) is 11.6 Å². The maximum Gasteiger partial charge on any atom is 0.244 e. The molecule has 0 radical (unpaired) electrons. The third kappa shape index (κ3) is 4.89. The molecule has 0 heterocycles. The zero-order chi connectivity index (χ0) is 15.1. The highest BCUT2D eigenvalue weighted by Gasteiger charge is 1.98. The fourth-order valence-electron chi connectivity index (χ4n) is 1.94. The predicted octanol–water partition coefficient (Wildman–Crippen LogP) is 2.82. The Kier molecular flexibility index (Phi) is 5.29. The van der Waals surface area contributed by atoms with Gasteiger partial charge in [-0.2, -0.15) is 0 Å². The second kappa shape index (κ2) is 7.41. The van der Waals surface area contributed by atoms with Crippen molar-refractivity contribution in [1.29, 1.82) is 0 Å². The molecule has 0 aliphatic carbocycles. The molecule has 0 aromatic heterocycles. The highest BCUT2D eigenvalue weighted by Crippen LogP contribution is 2.06. The lowest BCUT2D eigenvalue weighted by Crippen LogP contribution is -2.20. The highest BCUT2D eigenvalue weighted by molar-refractivity contribution is 5.91. The average molecular weight is 281 g/mol. The number of carbonyl (C=O) groups is 1. The molecule has 2 rings (SSSR count). The van der Waals surface area contributed by atoms with E-state index in [2.05, 4.69) is 5.32 Å². The van der Waals surface area contributed by atoms with Gasteiger partial charge in [0.05, 0.1) is 6.61 Å². The van der Waals surface area contributed by atoms with E-state index >= 15 is 0 Å². The van der Waals surface area contributed by atoms with Gasteiger partial charge < -0.3 is 10.4 Å². The van der Waals surface area contributed by atoms with E-state index in [1.807, 2.05) is 55.5 Å². The van der Waals surface area contributed by atoms with Crippen molar-refractivity contribution in [1.82, 2.24) is 5.32 Å². The smallest absolute Gasteiger partial charge is 0.244 e. The molecule has 108 valence electrons. The lowest BCUT2D eigenvalue weighted by Gasteiger charge is -2.04. The molecule has 0 aliphatic rings. The molecule has 2 aromatic rings. The maximum atomic E-state index is 11.8. The minimum absolute atomic E-state index is 0.00904. The zero-order valence-corrected chi connectivity index (χ0v) is 12.0. The van der Waals surface area contributed by atoms with Crippen molar-refractivity contribution >= 4 is 12.0 Å². The standard InChI is InChI=1S/C18H19NO2/c1-14-5-7-15(8-6-14)9-10-18(21)19-12-16-3-2-4-17(11-16)13-20/h2-11,20H,12-13H2,1H3,(H,19,21). The lowest BCUT2D eigenvalue weighted by atomic mass is 10.1. The van der Waals surface area contributed by atoms with E-state index in [9.17, 15) is 4.79 Å². The van der Waals surface area contributed by atoms with Gasteiger partial charge in [0, 0.05) is 12.6 Å². The van der Waals surface area contributed by atoms with Crippen LogP contribution < -0.4 is 5.32 Å². The van der Waals surface area contributed by atoms with Crippen LogP contribution in [0.1, 0.15) is 22.3 Å². The molecule has 2 N–H and O–H groups in total. The molecular formula is C18H19NO2. The highest BCUT2D eigenvalue weighted by atomic mass is 16.3. The number of nitrogens with one attached hydrogen (secondary N) is 1. The van der Waals surface area contributed by atoms with Crippen LogP contribution in [0.3, 0.4) is 0 Å². The number of aliphatic hydroxyl groups excluding tert-OH is 1. The van der Waals surface area contributed by atoms with Crippen LogP contribution in [-0.4, -0.2) is 11.0 Å². The van der Waals surface area contributed by atoms with Crippen molar-refractivity contribution in [3.63, 3.8) is 0 Å². The fourth-order valence-corrected chi connectivity index (χ4v) is 1.94. The largest absolute Gasteiger partial charge is 0.392 e. The van der Waals surface area contributed by atoms with E-state index in [0.29, 0.717) is 6.54 Å². The van der Waals surface area contributed by atoms with Crippen LogP contribution in [0, 0.1) is 6.92 Å². The summed E-state index contributed by atoms with van der Waals surface area (Å²) in [7, 11) is 0. The number of hydrogen-bond donors (Lipinski definition) is 2. The maximum absolute atomic E-state index is 11.8. The summed E-state index contributed by atoms with van der Waals surface area (Å²) in [4.78, 5) is 11.8. The first kappa shape index (κ1) is 15.0. The van der Waals surface area contributed by atoms with Crippen molar-refractivity contribution in [3.05, 3.63) is 76.9 Å². The first-order chi connectivity index (χ1) is 10.2. The second-order valence-electron chi connectivity index (χ2n) is 4.94. The summed E-state index contributed by atoms with van der Waals surface area (Å²) in [5, 5.41) is 11.9. The summed E-state index contributed by atoms with van der Waals surface area (Å²) in [5.74, 6) is -0.134. The topological polar surface area (TPSA) is 49.3 Å². The molecule has 1 amide bonds. The molecule has 0 unspecified atom stereocenters. The van der Waals surface area contributed by atoms with Crippen LogP contribution in [-0.2, 0) is 17.9 Å². The molecule has 0 fully saturated rings. The van der Waals surface area contributed by atoms with Gasteiger partial charge in [0.1, 0.15) is 0 Å². The van der Waals surface area contributed by atoms with Gasteiger partial charge in [0.15, 0.2) is 0 Å². The van der Waals surface area contributed by atoms with Crippen LogP contribution in [0.4, 0.5) is 0 Å². The van der Waals surface area contributed by atoms with E-state index in [4.69, 9.17) is 5.11 Å². The van der Waals surface area contributed by atoms with Crippen LogP contribution in [0.15, 0.2) is 54.6 Å². The van der Waals surface area contributed by atoms with Crippen molar-refractivity contribution in [3.8, 4) is 0 Å². The summed E-state index contributed by atoms with van der Waals surface area (Å²) >= 11 is 0. The van der Waals surface area contributed by atoms with Crippen molar-refractivity contribution < 1.29 is 9.90 Å². The van der Waals surface area contributed by atoms with Gasteiger partial charge in [-0.3, -0.25) is 4.79 Å². The average Bonchev–Trinajstić information content (AvgIpc) is 2.52. The van der Waals surface area contributed by atoms with Crippen molar-refractivity contribution in [2.75, 3.05) is 0 Å². The minimum Gasteiger partial charge on any atom is -0.392 e. The normalized spacial score (nSPS) is 10.8. The number of aryl methyl sites for hydroxylation is 1.